The fourth-order valence-corrected chi connectivity index (χ4v) is 1.69. The summed E-state index contributed by atoms with van der Waals surface area (Å²) in [6, 6.07) is 18.6. The van der Waals surface area contributed by atoms with Gasteiger partial charge >= 0.3 is 17.1 Å². The third kappa shape index (κ3) is 9.23. The fourth-order valence-electron chi connectivity index (χ4n) is 1.50. The van der Waals surface area contributed by atoms with Crippen molar-refractivity contribution < 1.29 is 17.1 Å². The van der Waals surface area contributed by atoms with Crippen molar-refractivity contribution in [3.05, 3.63) is 60.2 Å². The Kier molecular flexibility index (Phi) is 11.6. The maximum absolute atomic E-state index is 5.56. The molecule has 17 heavy (non-hydrogen) atoms. The van der Waals surface area contributed by atoms with Gasteiger partial charge in [-0.2, -0.15) is 35.9 Å². The Morgan fingerprint density at radius 1 is 0.882 bits per heavy atom. The van der Waals surface area contributed by atoms with E-state index in [0.717, 1.165) is 12.3 Å². The number of rotatable bonds is 5. The van der Waals surface area contributed by atoms with Gasteiger partial charge in [0.2, 0.25) is 0 Å². The van der Waals surface area contributed by atoms with Crippen molar-refractivity contribution in [2.24, 2.45) is 0 Å². The van der Waals surface area contributed by atoms with Gasteiger partial charge in [0.15, 0.2) is 0 Å². The molecule has 0 amide bonds. The van der Waals surface area contributed by atoms with Crippen LogP contribution >= 0.6 is 11.6 Å². The summed E-state index contributed by atoms with van der Waals surface area (Å²) in [4.78, 5) is 0. The summed E-state index contributed by atoms with van der Waals surface area (Å²) in [5, 5.41) is 0. The average molecular weight is 291 g/mol. The number of hydrogen-bond donors (Lipinski definition) is 0. The zero-order chi connectivity index (χ0) is 11.5. The quantitative estimate of drug-likeness (QED) is 0.322. The number of halogens is 1. The van der Waals surface area contributed by atoms with Gasteiger partial charge in [0.1, 0.15) is 0 Å². The van der Waals surface area contributed by atoms with Crippen molar-refractivity contribution in [1.29, 1.82) is 0 Å². The predicted octanol–water partition coefficient (Wildman–Crippen LogP) is 4.76. The van der Waals surface area contributed by atoms with Crippen LogP contribution in [0.2, 0.25) is 0 Å². The fraction of sp³-hybridized carbons (Fsp3) is 0.333. The minimum atomic E-state index is 0. The molecule has 0 aliphatic rings. The summed E-state index contributed by atoms with van der Waals surface area (Å²) < 4.78 is 0. The second kappa shape index (κ2) is 12.0. The molecule has 0 spiro atoms. The van der Waals surface area contributed by atoms with Gasteiger partial charge in [0, 0.05) is 5.88 Å². The van der Waals surface area contributed by atoms with Gasteiger partial charge < -0.3 is 0 Å². The topological polar surface area (TPSA) is 0 Å². The molecule has 2 aromatic carbocycles. The second-order valence-electron chi connectivity index (χ2n) is 3.76. The van der Waals surface area contributed by atoms with Crippen molar-refractivity contribution in [1.82, 2.24) is 0 Å². The van der Waals surface area contributed by atoms with Crippen LogP contribution < -0.4 is 0 Å². The van der Waals surface area contributed by atoms with Crippen LogP contribution in [0.3, 0.4) is 0 Å². The van der Waals surface area contributed by atoms with Crippen LogP contribution in [-0.4, -0.2) is 5.88 Å². The zero-order valence-corrected chi connectivity index (χ0v) is 11.8. The molecule has 0 aliphatic carbocycles. The average Bonchev–Trinajstić information content (AvgIpc) is 2.99. The first-order valence-corrected chi connectivity index (χ1v) is 6.40. The van der Waals surface area contributed by atoms with Crippen LogP contribution in [0.25, 0.3) is 0 Å². The zero-order valence-electron chi connectivity index (χ0n) is 9.96. The maximum Gasteiger partial charge on any atom is 2.00 e. The van der Waals surface area contributed by atoms with E-state index in [9.17, 15) is 0 Å². The molecule has 0 unspecified atom stereocenters. The van der Waals surface area contributed by atoms with Gasteiger partial charge in [0.05, 0.1) is 0 Å². The van der Waals surface area contributed by atoms with Crippen molar-refractivity contribution in [3.8, 4) is 0 Å². The first kappa shape index (κ1) is 16.5. The molecule has 0 nitrogen and oxygen atoms in total. The van der Waals surface area contributed by atoms with E-state index in [2.05, 4.69) is 24.3 Å². The predicted molar refractivity (Wildman–Crippen MR) is 72.3 cm³/mol. The summed E-state index contributed by atoms with van der Waals surface area (Å²) in [7, 11) is 0. The summed E-state index contributed by atoms with van der Waals surface area (Å²) in [6.07, 6.45) is 4.90. The van der Waals surface area contributed by atoms with Crippen LogP contribution in [0.5, 0.6) is 0 Å². The first-order valence-electron chi connectivity index (χ1n) is 5.86. The van der Waals surface area contributed by atoms with E-state index in [1.165, 1.54) is 24.8 Å². The van der Waals surface area contributed by atoms with E-state index < -0.39 is 0 Å². The van der Waals surface area contributed by atoms with Crippen molar-refractivity contribution in [3.63, 3.8) is 0 Å². The summed E-state index contributed by atoms with van der Waals surface area (Å²) in [6.45, 7) is 0. The third-order valence-corrected chi connectivity index (χ3v) is 2.65. The number of aryl methyl sites for hydroxylation is 1. The van der Waals surface area contributed by atoms with E-state index in [1.54, 1.807) is 0 Å². The molecule has 0 saturated carbocycles. The number of unbranched alkanes of at least 4 members (excludes halogenated alkanes) is 2. The largest absolute Gasteiger partial charge is 2.00 e. The molecule has 0 aliphatic heterocycles. The van der Waals surface area contributed by atoms with Crippen LogP contribution in [-0.2, 0) is 23.5 Å². The van der Waals surface area contributed by atoms with Gasteiger partial charge in [-0.1, -0.05) is 19.3 Å². The Bertz CT molecular complexity index is 293. The minimum absolute atomic E-state index is 0. The van der Waals surface area contributed by atoms with E-state index >= 15 is 0 Å². The Morgan fingerprint density at radius 3 is 2.00 bits per heavy atom. The van der Waals surface area contributed by atoms with Crippen molar-refractivity contribution >= 4 is 11.6 Å². The third-order valence-electron chi connectivity index (χ3n) is 2.39. The molecular formula is C15H19ClFe. The summed E-state index contributed by atoms with van der Waals surface area (Å²) in [5.74, 6) is 0.807. The Hall–Kier alpha value is -0.491. The second-order valence-corrected chi connectivity index (χ2v) is 4.13. The van der Waals surface area contributed by atoms with Crippen LogP contribution in [0.1, 0.15) is 24.8 Å². The summed E-state index contributed by atoms with van der Waals surface area (Å²) in [5.41, 5.74) is 1.46. The normalized spacial score (nSPS) is 9.00. The number of alkyl halides is 1. The first-order chi connectivity index (χ1) is 7.93. The van der Waals surface area contributed by atoms with Crippen LogP contribution in [0, 0.1) is 0 Å². The Morgan fingerprint density at radius 2 is 1.53 bits per heavy atom. The molecule has 2 aromatic rings. The number of hydrogen-bond acceptors (Lipinski definition) is 0. The van der Waals surface area contributed by atoms with Crippen LogP contribution in [0.4, 0.5) is 0 Å². The van der Waals surface area contributed by atoms with Crippen molar-refractivity contribution in [2.45, 2.75) is 25.7 Å². The molecule has 0 fully saturated rings. The van der Waals surface area contributed by atoms with Gasteiger partial charge in [-0.25, -0.2) is 24.3 Å². The summed E-state index contributed by atoms with van der Waals surface area (Å²) >= 11 is 5.56. The molecule has 94 valence electrons. The van der Waals surface area contributed by atoms with Gasteiger partial charge in [0.25, 0.3) is 0 Å². The van der Waals surface area contributed by atoms with Gasteiger partial charge in [-0.3, -0.25) is 0 Å². The van der Waals surface area contributed by atoms with Gasteiger partial charge in [-0.05, 0) is 6.42 Å². The maximum atomic E-state index is 5.56. The molecule has 0 N–H and O–H groups in total. The molecule has 2 rings (SSSR count). The molecule has 2 heteroatoms. The molecule has 0 atom stereocenters. The molecule has 0 heterocycles. The van der Waals surface area contributed by atoms with Gasteiger partial charge in [-0.15, -0.1) is 11.6 Å². The van der Waals surface area contributed by atoms with Crippen LogP contribution in [0.15, 0.2) is 54.6 Å². The smallest absolute Gasteiger partial charge is 0.214 e. The SMILES string of the molecule is ClCCCCC[c-]1cccc1.[Fe+2].c1cc[cH-]c1. The van der Waals surface area contributed by atoms with E-state index in [-0.39, 0.29) is 17.1 Å². The monoisotopic (exact) mass is 290 g/mol. The molecular weight excluding hydrogens is 271 g/mol. The van der Waals surface area contributed by atoms with Crippen molar-refractivity contribution in [2.75, 3.05) is 5.88 Å². The van der Waals surface area contributed by atoms with E-state index in [4.69, 9.17) is 11.6 Å². The molecule has 0 aromatic heterocycles. The Labute approximate surface area is 120 Å². The Balaban J connectivity index is 0.000000360. The molecule has 0 bridgehead atoms. The molecule has 0 saturated heterocycles. The van der Waals surface area contributed by atoms with E-state index in [1.807, 2.05) is 30.3 Å². The minimum Gasteiger partial charge on any atom is -0.214 e. The standard InChI is InChI=1S/C10H14Cl.C5H5.Fe/c11-9-5-1-2-6-10-7-3-4-8-10;1-2-4-5-3-1;/h3-4,7-8H,1-2,5-6,9H2;1-5H;/q2*-1;+2. The van der Waals surface area contributed by atoms with E-state index in [0.29, 0.717) is 0 Å². The molecule has 0 radical (unpaired) electrons.